The Labute approximate surface area is 124 Å². The van der Waals surface area contributed by atoms with E-state index >= 15 is 0 Å². The molecule has 0 atom stereocenters. The minimum Gasteiger partial charge on any atom is -0.351 e. The largest absolute Gasteiger partial charge is 0.351 e. The molecule has 0 bridgehead atoms. The number of rotatable bonds is 5. The Hall–Kier alpha value is -1.68. The Bertz CT molecular complexity index is 586. The van der Waals surface area contributed by atoms with E-state index in [0.717, 1.165) is 36.0 Å². The quantitative estimate of drug-likeness (QED) is 0.791. The van der Waals surface area contributed by atoms with Crippen molar-refractivity contribution < 1.29 is 0 Å². The van der Waals surface area contributed by atoms with E-state index in [4.69, 9.17) is 11.6 Å². The first kappa shape index (κ1) is 14.7. The second-order valence-corrected chi connectivity index (χ2v) is 4.99. The van der Waals surface area contributed by atoms with E-state index in [9.17, 15) is 0 Å². The lowest BCUT2D eigenvalue weighted by molar-refractivity contribution is 0.777. The molecule has 0 saturated carbocycles. The monoisotopic (exact) mass is 290 g/mol. The van der Waals surface area contributed by atoms with Crippen LogP contribution in [0.15, 0.2) is 24.3 Å². The molecule has 0 aliphatic carbocycles. The van der Waals surface area contributed by atoms with Gasteiger partial charge in [0.2, 0.25) is 0 Å². The molecule has 5 heteroatoms. The van der Waals surface area contributed by atoms with E-state index in [2.05, 4.69) is 26.8 Å². The molecule has 0 spiro atoms. The minimum absolute atomic E-state index is 0.488. The SMILES string of the molecule is CCc1nc(Cl)cc(N(CC)Cc2cccc(C)n2)n1. The van der Waals surface area contributed by atoms with E-state index in [0.29, 0.717) is 11.7 Å². The topological polar surface area (TPSA) is 41.9 Å². The third-order valence-corrected chi connectivity index (χ3v) is 3.24. The highest BCUT2D eigenvalue weighted by molar-refractivity contribution is 6.29. The number of hydrogen-bond acceptors (Lipinski definition) is 4. The van der Waals surface area contributed by atoms with Gasteiger partial charge in [0, 0.05) is 24.7 Å². The maximum atomic E-state index is 6.06. The first-order valence-corrected chi connectivity index (χ1v) is 7.21. The van der Waals surface area contributed by atoms with Crippen molar-refractivity contribution in [2.24, 2.45) is 0 Å². The van der Waals surface area contributed by atoms with E-state index in [1.807, 2.05) is 32.0 Å². The molecular weight excluding hydrogens is 272 g/mol. The number of aromatic nitrogens is 3. The van der Waals surface area contributed by atoms with Gasteiger partial charge in [0.1, 0.15) is 16.8 Å². The fourth-order valence-electron chi connectivity index (χ4n) is 2.01. The first-order chi connectivity index (χ1) is 9.62. The molecule has 0 radical (unpaired) electrons. The number of pyridine rings is 1. The standard InChI is InChI=1S/C15H19ClN4/c1-4-14-18-13(16)9-15(19-14)20(5-2)10-12-8-6-7-11(3)17-12/h6-9H,4-5,10H2,1-3H3. The summed E-state index contributed by atoms with van der Waals surface area (Å²) in [7, 11) is 0. The minimum atomic E-state index is 0.488. The van der Waals surface area contributed by atoms with Gasteiger partial charge in [0.25, 0.3) is 0 Å². The van der Waals surface area contributed by atoms with Gasteiger partial charge in [-0.1, -0.05) is 24.6 Å². The molecule has 2 rings (SSSR count). The van der Waals surface area contributed by atoms with Crippen molar-refractivity contribution in [3.8, 4) is 0 Å². The Morgan fingerprint density at radius 2 is 1.95 bits per heavy atom. The summed E-state index contributed by atoms with van der Waals surface area (Å²) >= 11 is 6.06. The zero-order chi connectivity index (χ0) is 14.5. The lowest BCUT2D eigenvalue weighted by Gasteiger charge is -2.22. The molecule has 0 fully saturated rings. The van der Waals surface area contributed by atoms with Crippen LogP contribution in [0.2, 0.25) is 5.15 Å². The summed E-state index contributed by atoms with van der Waals surface area (Å²) in [5.41, 5.74) is 2.05. The highest BCUT2D eigenvalue weighted by atomic mass is 35.5. The van der Waals surface area contributed by atoms with Gasteiger partial charge in [-0.05, 0) is 26.0 Å². The van der Waals surface area contributed by atoms with Gasteiger partial charge in [0.15, 0.2) is 0 Å². The van der Waals surface area contributed by atoms with Crippen LogP contribution < -0.4 is 4.90 Å². The summed E-state index contributed by atoms with van der Waals surface area (Å²) in [6, 6.07) is 7.85. The van der Waals surface area contributed by atoms with Crippen molar-refractivity contribution in [3.63, 3.8) is 0 Å². The van der Waals surface area contributed by atoms with Gasteiger partial charge >= 0.3 is 0 Å². The molecule has 0 saturated heterocycles. The van der Waals surface area contributed by atoms with E-state index in [1.165, 1.54) is 0 Å². The Morgan fingerprint density at radius 3 is 2.60 bits per heavy atom. The van der Waals surface area contributed by atoms with Crippen LogP contribution in [0.5, 0.6) is 0 Å². The normalized spacial score (nSPS) is 10.6. The van der Waals surface area contributed by atoms with Gasteiger partial charge in [-0.25, -0.2) is 9.97 Å². The maximum Gasteiger partial charge on any atom is 0.134 e. The average Bonchev–Trinajstić information content (AvgIpc) is 2.44. The molecular formula is C15H19ClN4. The molecule has 2 aromatic rings. The second-order valence-electron chi connectivity index (χ2n) is 4.60. The molecule has 20 heavy (non-hydrogen) atoms. The lowest BCUT2D eigenvalue weighted by Crippen LogP contribution is -2.24. The third-order valence-electron chi connectivity index (χ3n) is 3.05. The zero-order valence-corrected chi connectivity index (χ0v) is 12.9. The molecule has 0 N–H and O–H groups in total. The predicted molar refractivity (Wildman–Crippen MR) is 82.1 cm³/mol. The van der Waals surface area contributed by atoms with Gasteiger partial charge in [0.05, 0.1) is 12.2 Å². The molecule has 0 aliphatic rings. The molecule has 2 heterocycles. The summed E-state index contributed by atoms with van der Waals surface area (Å²) < 4.78 is 0. The summed E-state index contributed by atoms with van der Waals surface area (Å²) in [5, 5.41) is 0.488. The molecule has 0 unspecified atom stereocenters. The Kier molecular flexibility index (Phi) is 4.90. The molecule has 106 valence electrons. The Morgan fingerprint density at radius 1 is 1.15 bits per heavy atom. The molecule has 2 aromatic heterocycles. The second kappa shape index (κ2) is 6.66. The highest BCUT2D eigenvalue weighted by Gasteiger charge is 2.10. The van der Waals surface area contributed by atoms with Crippen molar-refractivity contribution in [2.45, 2.75) is 33.7 Å². The van der Waals surface area contributed by atoms with Crippen LogP contribution in [-0.2, 0) is 13.0 Å². The van der Waals surface area contributed by atoms with Gasteiger partial charge in [-0.2, -0.15) is 0 Å². The predicted octanol–water partition coefficient (Wildman–Crippen LogP) is 3.42. The number of anilines is 1. The summed E-state index contributed by atoms with van der Waals surface area (Å²) in [6.45, 7) is 7.67. The molecule has 4 nitrogen and oxygen atoms in total. The van der Waals surface area contributed by atoms with Gasteiger partial charge < -0.3 is 4.90 Å². The van der Waals surface area contributed by atoms with E-state index in [1.54, 1.807) is 6.07 Å². The van der Waals surface area contributed by atoms with Gasteiger partial charge in [-0.3, -0.25) is 4.98 Å². The Balaban J connectivity index is 2.26. The fraction of sp³-hybridized carbons (Fsp3) is 0.400. The number of halogens is 1. The summed E-state index contributed by atoms with van der Waals surface area (Å²) in [6.07, 6.45) is 0.772. The van der Waals surface area contributed by atoms with Crippen LogP contribution in [0.3, 0.4) is 0 Å². The molecule has 0 aliphatic heterocycles. The number of hydrogen-bond donors (Lipinski definition) is 0. The van der Waals surface area contributed by atoms with E-state index in [-0.39, 0.29) is 0 Å². The van der Waals surface area contributed by atoms with Crippen LogP contribution in [0.25, 0.3) is 0 Å². The van der Waals surface area contributed by atoms with Crippen LogP contribution in [0.4, 0.5) is 5.82 Å². The van der Waals surface area contributed by atoms with Gasteiger partial charge in [-0.15, -0.1) is 0 Å². The van der Waals surface area contributed by atoms with Crippen LogP contribution in [0, 0.1) is 6.92 Å². The van der Waals surface area contributed by atoms with Crippen molar-refractivity contribution in [1.82, 2.24) is 15.0 Å². The smallest absolute Gasteiger partial charge is 0.134 e. The summed E-state index contributed by atoms with van der Waals surface area (Å²) in [5.74, 6) is 1.62. The fourth-order valence-corrected chi connectivity index (χ4v) is 2.20. The van der Waals surface area contributed by atoms with Crippen LogP contribution in [-0.4, -0.2) is 21.5 Å². The van der Waals surface area contributed by atoms with Crippen LogP contribution >= 0.6 is 11.6 Å². The molecule has 0 aromatic carbocycles. The maximum absolute atomic E-state index is 6.06. The molecule has 0 amide bonds. The van der Waals surface area contributed by atoms with Crippen molar-refractivity contribution in [2.75, 3.05) is 11.4 Å². The average molecular weight is 291 g/mol. The lowest BCUT2D eigenvalue weighted by atomic mass is 10.3. The van der Waals surface area contributed by atoms with Crippen molar-refractivity contribution in [1.29, 1.82) is 0 Å². The van der Waals surface area contributed by atoms with Crippen molar-refractivity contribution >= 4 is 17.4 Å². The highest BCUT2D eigenvalue weighted by Crippen LogP contribution is 2.18. The number of nitrogens with zero attached hydrogens (tertiary/aromatic N) is 4. The zero-order valence-electron chi connectivity index (χ0n) is 12.1. The first-order valence-electron chi connectivity index (χ1n) is 6.83. The third kappa shape index (κ3) is 3.67. The van der Waals surface area contributed by atoms with Crippen molar-refractivity contribution in [3.05, 3.63) is 46.6 Å². The van der Waals surface area contributed by atoms with E-state index < -0.39 is 0 Å². The summed E-state index contributed by atoms with van der Waals surface area (Å²) in [4.78, 5) is 15.4. The number of aryl methyl sites for hydroxylation is 2. The van der Waals surface area contributed by atoms with Crippen LogP contribution in [0.1, 0.15) is 31.1 Å².